The second kappa shape index (κ2) is 5.75. The van der Waals surface area contributed by atoms with Gasteiger partial charge in [-0.3, -0.25) is 0 Å². The summed E-state index contributed by atoms with van der Waals surface area (Å²) in [7, 11) is 2.20. The monoisotopic (exact) mass is 239 g/mol. The fourth-order valence-corrected chi connectivity index (χ4v) is 3.29. The maximum Gasteiger partial charge on any atom is 0.0959 e. The standard InChI is InChI=1S/C12H21N3S/c1-15-7-4-10(5-8-15)12-14-9-11(16-12)3-2-6-13/h9-10H,2-8,13H2,1H3. The Morgan fingerprint density at radius 1 is 1.50 bits per heavy atom. The Bertz CT molecular complexity index is 316. The number of aryl methyl sites for hydroxylation is 1. The molecular weight excluding hydrogens is 218 g/mol. The van der Waals surface area contributed by atoms with E-state index in [0.29, 0.717) is 5.92 Å². The molecule has 0 unspecified atom stereocenters. The Hall–Kier alpha value is -0.450. The third-order valence-corrected chi connectivity index (χ3v) is 4.49. The van der Waals surface area contributed by atoms with Crippen LogP contribution < -0.4 is 5.73 Å². The first-order valence-electron chi connectivity index (χ1n) is 6.13. The molecule has 90 valence electrons. The third kappa shape index (κ3) is 3.03. The molecule has 0 amide bonds. The summed E-state index contributed by atoms with van der Waals surface area (Å²) in [5.74, 6) is 0.702. The molecular formula is C12H21N3S. The van der Waals surface area contributed by atoms with Crippen LogP contribution in [0.25, 0.3) is 0 Å². The maximum absolute atomic E-state index is 5.52. The van der Waals surface area contributed by atoms with Gasteiger partial charge in [-0.1, -0.05) is 0 Å². The number of rotatable bonds is 4. The van der Waals surface area contributed by atoms with Crippen LogP contribution in [0, 0.1) is 0 Å². The smallest absolute Gasteiger partial charge is 0.0959 e. The molecule has 0 saturated carbocycles. The van der Waals surface area contributed by atoms with E-state index in [2.05, 4.69) is 16.9 Å². The molecule has 1 aromatic rings. The minimum atomic E-state index is 0.702. The van der Waals surface area contributed by atoms with E-state index in [0.717, 1.165) is 19.4 Å². The largest absolute Gasteiger partial charge is 0.330 e. The molecule has 1 saturated heterocycles. The highest BCUT2D eigenvalue weighted by molar-refractivity contribution is 7.11. The van der Waals surface area contributed by atoms with Gasteiger partial charge in [-0.15, -0.1) is 11.3 Å². The molecule has 0 radical (unpaired) electrons. The summed E-state index contributed by atoms with van der Waals surface area (Å²) in [6, 6.07) is 0. The van der Waals surface area contributed by atoms with Crippen molar-refractivity contribution in [3.05, 3.63) is 16.1 Å². The molecule has 0 atom stereocenters. The van der Waals surface area contributed by atoms with Gasteiger partial charge in [0, 0.05) is 17.0 Å². The van der Waals surface area contributed by atoms with Gasteiger partial charge < -0.3 is 10.6 Å². The van der Waals surface area contributed by atoms with Crippen LogP contribution in [0.15, 0.2) is 6.20 Å². The van der Waals surface area contributed by atoms with Crippen molar-refractivity contribution in [2.24, 2.45) is 5.73 Å². The molecule has 2 heterocycles. The molecule has 0 aliphatic carbocycles. The van der Waals surface area contributed by atoms with Crippen molar-refractivity contribution in [3.63, 3.8) is 0 Å². The zero-order chi connectivity index (χ0) is 11.4. The first-order valence-corrected chi connectivity index (χ1v) is 6.94. The lowest BCUT2D eigenvalue weighted by Crippen LogP contribution is -2.29. The Morgan fingerprint density at radius 3 is 2.94 bits per heavy atom. The number of hydrogen-bond donors (Lipinski definition) is 1. The molecule has 16 heavy (non-hydrogen) atoms. The highest BCUT2D eigenvalue weighted by atomic mass is 32.1. The summed E-state index contributed by atoms with van der Waals surface area (Å²) < 4.78 is 0. The van der Waals surface area contributed by atoms with Crippen molar-refractivity contribution in [1.29, 1.82) is 0 Å². The van der Waals surface area contributed by atoms with Crippen molar-refractivity contribution in [2.75, 3.05) is 26.7 Å². The maximum atomic E-state index is 5.52. The Morgan fingerprint density at radius 2 is 2.25 bits per heavy atom. The second-order valence-electron chi connectivity index (χ2n) is 4.63. The van der Waals surface area contributed by atoms with Crippen molar-refractivity contribution < 1.29 is 0 Å². The van der Waals surface area contributed by atoms with Crippen LogP contribution in [-0.2, 0) is 6.42 Å². The fourth-order valence-electron chi connectivity index (χ4n) is 2.16. The van der Waals surface area contributed by atoms with Crippen LogP contribution in [0.5, 0.6) is 0 Å². The van der Waals surface area contributed by atoms with E-state index in [1.165, 1.54) is 35.8 Å². The molecule has 1 aromatic heterocycles. The van der Waals surface area contributed by atoms with Gasteiger partial charge in [0.15, 0.2) is 0 Å². The minimum Gasteiger partial charge on any atom is -0.330 e. The predicted molar refractivity (Wildman–Crippen MR) is 69.0 cm³/mol. The lowest BCUT2D eigenvalue weighted by molar-refractivity contribution is 0.255. The molecule has 0 spiro atoms. The van der Waals surface area contributed by atoms with Crippen molar-refractivity contribution in [1.82, 2.24) is 9.88 Å². The summed E-state index contributed by atoms with van der Waals surface area (Å²) >= 11 is 1.90. The SMILES string of the molecule is CN1CCC(c2ncc(CCCN)s2)CC1. The van der Waals surface area contributed by atoms with E-state index in [9.17, 15) is 0 Å². The summed E-state index contributed by atoms with van der Waals surface area (Å²) in [6.45, 7) is 3.20. The van der Waals surface area contributed by atoms with E-state index < -0.39 is 0 Å². The minimum absolute atomic E-state index is 0.702. The van der Waals surface area contributed by atoms with E-state index in [1.54, 1.807) is 0 Å². The normalized spacial score (nSPS) is 19.1. The summed E-state index contributed by atoms with van der Waals surface area (Å²) in [4.78, 5) is 8.38. The number of hydrogen-bond acceptors (Lipinski definition) is 4. The Balaban J connectivity index is 1.91. The van der Waals surface area contributed by atoms with Crippen molar-refractivity contribution in [2.45, 2.75) is 31.6 Å². The Kier molecular flexibility index (Phi) is 4.32. The van der Waals surface area contributed by atoms with Gasteiger partial charge in [0.1, 0.15) is 0 Å². The van der Waals surface area contributed by atoms with E-state index >= 15 is 0 Å². The molecule has 2 rings (SSSR count). The van der Waals surface area contributed by atoms with Crippen LogP contribution in [-0.4, -0.2) is 36.6 Å². The zero-order valence-corrected chi connectivity index (χ0v) is 10.8. The summed E-state index contributed by atoms with van der Waals surface area (Å²) in [5.41, 5.74) is 5.52. The first kappa shape index (κ1) is 12.0. The van der Waals surface area contributed by atoms with Gasteiger partial charge in [0.25, 0.3) is 0 Å². The van der Waals surface area contributed by atoms with Gasteiger partial charge >= 0.3 is 0 Å². The Labute approximate surface area is 102 Å². The predicted octanol–water partition coefficient (Wildman–Crippen LogP) is 1.84. The number of nitrogens with two attached hydrogens (primary N) is 1. The summed E-state index contributed by atoms with van der Waals surface area (Å²) in [6.07, 6.45) is 6.75. The molecule has 1 aliphatic rings. The number of likely N-dealkylation sites (tertiary alicyclic amines) is 1. The van der Waals surface area contributed by atoms with E-state index in [4.69, 9.17) is 5.73 Å². The molecule has 2 N–H and O–H groups in total. The third-order valence-electron chi connectivity index (χ3n) is 3.27. The van der Waals surface area contributed by atoms with Gasteiger partial charge in [-0.2, -0.15) is 0 Å². The van der Waals surface area contributed by atoms with Crippen molar-refractivity contribution in [3.8, 4) is 0 Å². The molecule has 1 aliphatic heterocycles. The van der Waals surface area contributed by atoms with Crippen LogP contribution in [0.4, 0.5) is 0 Å². The van der Waals surface area contributed by atoms with Crippen molar-refractivity contribution >= 4 is 11.3 Å². The van der Waals surface area contributed by atoms with Crippen LogP contribution in [0.2, 0.25) is 0 Å². The average molecular weight is 239 g/mol. The lowest BCUT2D eigenvalue weighted by Gasteiger charge is -2.27. The topological polar surface area (TPSA) is 42.2 Å². The van der Waals surface area contributed by atoms with Crippen LogP contribution >= 0.6 is 11.3 Å². The molecule has 0 bridgehead atoms. The first-order chi connectivity index (χ1) is 7.79. The number of thiazole rings is 1. The molecule has 3 nitrogen and oxygen atoms in total. The number of nitrogens with zero attached hydrogens (tertiary/aromatic N) is 2. The highest BCUT2D eigenvalue weighted by Gasteiger charge is 2.20. The fraction of sp³-hybridized carbons (Fsp3) is 0.750. The number of aromatic nitrogens is 1. The highest BCUT2D eigenvalue weighted by Crippen LogP contribution is 2.30. The quantitative estimate of drug-likeness (QED) is 0.872. The average Bonchev–Trinajstić information content (AvgIpc) is 2.76. The second-order valence-corrected chi connectivity index (χ2v) is 5.78. The lowest BCUT2D eigenvalue weighted by atomic mass is 9.98. The van der Waals surface area contributed by atoms with Gasteiger partial charge in [-0.05, 0) is 52.4 Å². The van der Waals surface area contributed by atoms with Gasteiger partial charge in [-0.25, -0.2) is 4.98 Å². The van der Waals surface area contributed by atoms with Gasteiger partial charge in [0.2, 0.25) is 0 Å². The van der Waals surface area contributed by atoms with Gasteiger partial charge in [0.05, 0.1) is 5.01 Å². The molecule has 1 fully saturated rings. The summed E-state index contributed by atoms with van der Waals surface area (Å²) in [5, 5.41) is 1.35. The van der Waals surface area contributed by atoms with Crippen LogP contribution in [0.1, 0.15) is 35.1 Å². The van der Waals surface area contributed by atoms with Crippen LogP contribution in [0.3, 0.4) is 0 Å². The molecule has 4 heteroatoms. The number of piperidine rings is 1. The van der Waals surface area contributed by atoms with E-state index in [-0.39, 0.29) is 0 Å². The zero-order valence-electron chi connectivity index (χ0n) is 9.98. The molecule has 0 aromatic carbocycles. The van der Waals surface area contributed by atoms with E-state index in [1.807, 2.05) is 17.5 Å².